The van der Waals surface area contributed by atoms with Gasteiger partial charge in [0.2, 0.25) is 5.91 Å². The normalized spacial score (nSPS) is 12.2. The first-order chi connectivity index (χ1) is 13.0. The summed E-state index contributed by atoms with van der Waals surface area (Å²) in [5.41, 5.74) is -0.430. The molecule has 0 spiro atoms. The SMILES string of the molecule is CC(C)(Nc1ccnc(-c2c[nH]c3ncc(F)cc23)n1)C(=O)NCC(F)(F)F. The van der Waals surface area contributed by atoms with E-state index < -0.39 is 30.0 Å². The van der Waals surface area contributed by atoms with Crippen LogP contribution in [0.5, 0.6) is 0 Å². The monoisotopic (exact) mass is 396 g/mol. The number of pyridine rings is 1. The Morgan fingerprint density at radius 3 is 2.71 bits per heavy atom. The average Bonchev–Trinajstić information content (AvgIpc) is 3.01. The summed E-state index contributed by atoms with van der Waals surface area (Å²) in [5.74, 6) is -0.917. The predicted octanol–water partition coefficient (Wildman–Crippen LogP) is 3.03. The second-order valence-corrected chi connectivity index (χ2v) is 6.57. The van der Waals surface area contributed by atoms with Gasteiger partial charge in [-0.3, -0.25) is 4.79 Å². The van der Waals surface area contributed by atoms with Crippen LogP contribution in [0.1, 0.15) is 13.8 Å². The number of rotatable bonds is 5. The average molecular weight is 396 g/mol. The summed E-state index contributed by atoms with van der Waals surface area (Å²) in [4.78, 5) is 27.3. The number of nitrogens with zero attached hydrogens (tertiary/aromatic N) is 3. The molecule has 28 heavy (non-hydrogen) atoms. The fourth-order valence-corrected chi connectivity index (χ4v) is 2.50. The number of carbonyl (C=O) groups is 1. The molecule has 0 radical (unpaired) electrons. The van der Waals surface area contributed by atoms with Gasteiger partial charge in [0.15, 0.2) is 5.82 Å². The van der Waals surface area contributed by atoms with Crippen molar-refractivity contribution < 1.29 is 22.4 Å². The summed E-state index contributed by atoms with van der Waals surface area (Å²) in [7, 11) is 0. The summed E-state index contributed by atoms with van der Waals surface area (Å²) >= 11 is 0. The van der Waals surface area contributed by atoms with Crippen molar-refractivity contribution in [1.29, 1.82) is 0 Å². The Bertz CT molecular complexity index is 1010. The Labute approximate surface area is 156 Å². The highest BCUT2D eigenvalue weighted by molar-refractivity contribution is 5.92. The first-order valence-corrected chi connectivity index (χ1v) is 8.14. The summed E-state index contributed by atoms with van der Waals surface area (Å²) in [5, 5.41) is 5.09. The van der Waals surface area contributed by atoms with Crippen molar-refractivity contribution in [2.24, 2.45) is 0 Å². The maximum absolute atomic E-state index is 13.5. The second-order valence-electron chi connectivity index (χ2n) is 6.57. The van der Waals surface area contributed by atoms with E-state index in [0.29, 0.717) is 16.6 Å². The van der Waals surface area contributed by atoms with Gasteiger partial charge in [-0.25, -0.2) is 19.3 Å². The van der Waals surface area contributed by atoms with Crippen molar-refractivity contribution in [1.82, 2.24) is 25.3 Å². The van der Waals surface area contributed by atoms with Crippen LogP contribution in [0.15, 0.2) is 30.7 Å². The fraction of sp³-hybridized carbons (Fsp3) is 0.294. The number of H-pyrrole nitrogens is 1. The van der Waals surface area contributed by atoms with Crippen LogP contribution in [-0.4, -0.2) is 44.1 Å². The summed E-state index contributed by atoms with van der Waals surface area (Å²) in [6.07, 6.45) is -0.451. The summed E-state index contributed by atoms with van der Waals surface area (Å²) in [6.45, 7) is 1.41. The molecule has 0 aliphatic rings. The molecule has 7 nitrogen and oxygen atoms in total. The van der Waals surface area contributed by atoms with Gasteiger partial charge in [0.25, 0.3) is 0 Å². The smallest absolute Gasteiger partial charge is 0.356 e. The topological polar surface area (TPSA) is 95.6 Å². The van der Waals surface area contributed by atoms with Gasteiger partial charge in [0, 0.05) is 23.3 Å². The van der Waals surface area contributed by atoms with Crippen LogP contribution in [-0.2, 0) is 4.79 Å². The Hall–Kier alpha value is -3.24. The number of hydrogen-bond donors (Lipinski definition) is 3. The maximum Gasteiger partial charge on any atom is 0.405 e. The lowest BCUT2D eigenvalue weighted by molar-refractivity contribution is -0.140. The van der Waals surface area contributed by atoms with Crippen molar-refractivity contribution in [3.63, 3.8) is 0 Å². The molecule has 11 heteroatoms. The van der Waals surface area contributed by atoms with Gasteiger partial charge >= 0.3 is 6.18 Å². The van der Waals surface area contributed by atoms with Crippen molar-refractivity contribution >= 4 is 22.8 Å². The molecule has 0 aliphatic carbocycles. The Balaban J connectivity index is 1.83. The van der Waals surface area contributed by atoms with Gasteiger partial charge in [-0.15, -0.1) is 0 Å². The quantitative estimate of drug-likeness (QED) is 0.576. The molecule has 3 aromatic heterocycles. The number of aromatic amines is 1. The number of nitrogens with one attached hydrogen (secondary N) is 3. The van der Waals surface area contributed by atoms with Crippen molar-refractivity contribution in [3.05, 3.63) is 36.5 Å². The van der Waals surface area contributed by atoms with Crippen molar-refractivity contribution in [3.8, 4) is 11.4 Å². The molecular formula is C17H16F4N6O. The molecule has 0 atom stereocenters. The predicted molar refractivity (Wildman–Crippen MR) is 93.8 cm³/mol. The number of amides is 1. The van der Waals surface area contributed by atoms with Crippen molar-refractivity contribution in [2.75, 3.05) is 11.9 Å². The zero-order valence-corrected chi connectivity index (χ0v) is 14.9. The van der Waals surface area contributed by atoms with Crippen LogP contribution in [0.2, 0.25) is 0 Å². The van der Waals surface area contributed by atoms with E-state index >= 15 is 0 Å². The first-order valence-electron chi connectivity index (χ1n) is 8.14. The standard InChI is InChI=1S/C17H16F4N6O/c1-16(2,15(28)25-8-17(19,20)21)27-12-3-4-22-14(26-12)11-7-24-13-10(11)5-9(18)6-23-13/h3-7H,8H2,1-2H3,(H,23,24)(H,25,28)(H,22,26,27). The number of anilines is 1. The molecule has 3 aromatic rings. The number of carbonyl (C=O) groups excluding carboxylic acids is 1. The van der Waals surface area contributed by atoms with Crippen LogP contribution in [0.25, 0.3) is 22.4 Å². The molecule has 1 amide bonds. The zero-order valence-electron chi connectivity index (χ0n) is 14.9. The van der Waals surface area contributed by atoms with E-state index in [-0.39, 0.29) is 11.6 Å². The molecule has 3 N–H and O–H groups in total. The third kappa shape index (κ3) is 4.35. The van der Waals surface area contributed by atoms with Crippen LogP contribution in [0, 0.1) is 5.82 Å². The number of halogens is 4. The summed E-state index contributed by atoms with van der Waals surface area (Å²) < 4.78 is 50.4. The lowest BCUT2D eigenvalue weighted by Gasteiger charge is -2.26. The lowest BCUT2D eigenvalue weighted by atomic mass is 10.0. The molecular weight excluding hydrogens is 380 g/mol. The highest BCUT2D eigenvalue weighted by Crippen LogP contribution is 2.26. The van der Waals surface area contributed by atoms with E-state index in [9.17, 15) is 22.4 Å². The molecule has 0 fully saturated rings. The highest BCUT2D eigenvalue weighted by Gasteiger charge is 2.33. The fourth-order valence-electron chi connectivity index (χ4n) is 2.50. The number of hydrogen-bond acceptors (Lipinski definition) is 5. The molecule has 0 unspecified atom stereocenters. The molecule has 3 heterocycles. The third-order valence-corrected chi connectivity index (χ3v) is 3.85. The van der Waals surface area contributed by atoms with Crippen LogP contribution in [0.3, 0.4) is 0 Å². The molecule has 0 saturated carbocycles. The Morgan fingerprint density at radius 1 is 1.25 bits per heavy atom. The van der Waals surface area contributed by atoms with Gasteiger partial charge in [0.05, 0.1) is 6.20 Å². The van der Waals surface area contributed by atoms with Gasteiger partial charge in [-0.1, -0.05) is 0 Å². The van der Waals surface area contributed by atoms with E-state index in [1.165, 1.54) is 32.2 Å². The zero-order chi connectivity index (χ0) is 20.5. The largest absolute Gasteiger partial charge is 0.405 e. The summed E-state index contributed by atoms with van der Waals surface area (Å²) in [6, 6.07) is 2.75. The molecule has 3 rings (SSSR count). The van der Waals surface area contributed by atoms with E-state index in [4.69, 9.17) is 0 Å². The van der Waals surface area contributed by atoms with E-state index in [1.807, 2.05) is 5.32 Å². The van der Waals surface area contributed by atoms with Gasteiger partial charge in [-0.2, -0.15) is 13.2 Å². The Morgan fingerprint density at radius 2 is 2.00 bits per heavy atom. The van der Waals surface area contributed by atoms with E-state index in [2.05, 4.69) is 25.3 Å². The molecule has 148 valence electrons. The Kier molecular flexibility index (Phi) is 4.92. The molecule has 0 aliphatic heterocycles. The molecule has 0 saturated heterocycles. The first kappa shape index (κ1) is 19.5. The number of fused-ring (bicyclic) bond motifs is 1. The van der Waals surface area contributed by atoms with Crippen LogP contribution in [0.4, 0.5) is 23.4 Å². The van der Waals surface area contributed by atoms with Gasteiger partial charge < -0.3 is 15.6 Å². The van der Waals surface area contributed by atoms with E-state index in [1.54, 1.807) is 6.20 Å². The second kappa shape index (κ2) is 7.06. The third-order valence-electron chi connectivity index (χ3n) is 3.85. The minimum Gasteiger partial charge on any atom is -0.356 e. The molecule has 0 bridgehead atoms. The lowest BCUT2D eigenvalue weighted by Crippen LogP contribution is -2.50. The van der Waals surface area contributed by atoms with Crippen LogP contribution >= 0.6 is 0 Å². The number of alkyl halides is 3. The maximum atomic E-state index is 13.5. The van der Waals surface area contributed by atoms with Crippen molar-refractivity contribution in [2.45, 2.75) is 25.6 Å². The molecule has 0 aromatic carbocycles. The minimum atomic E-state index is -4.51. The van der Waals surface area contributed by atoms with E-state index in [0.717, 1.165) is 6.20 Å². The van der Waals surface area contributed by atoms with Gasteiger partial charge in [0.1, 0.15) is 29.4 Å². The van der Waals surface area contributed by atoms with Gasteiger partial charge in [-0.05, 0) is 26.0 Å². The van der Waals surface area contributed by atoms with Crippen LogP contribution < -0.4 is 10.6 Å². The minimum absolute atomic E-state index is 0.218. The number of aromatic nitrogens is 4. The highest BCUT2D eigenvalue weighted by atomic mass is 19.4.